The predicted octanol–water partition coefficient (Wildman–Crippen LogP) is 4.93. The van der Waals surface area contributed by atoms with Gasteiger partial charge in [-0.05, 0) is 61.2 Å². The van der Waals surface area contributed by atoms with Gasteiger partial charge < -0.3 is 4.74 Å². The molecule has 0 amide bonds. The minimum Gasteiger partial charge on any atom is -0.493 e. The van der Waals surface area contributed by atoms with Crippen molar-refractivity contribution in [2.24, 2.45) is 0 Å². The summed E-state index contributed by atoms with van der Waals surface area (Å²) in [5.41, 5.74) is 3.05. The zero-order chi connectivity index (χ0) is 22.1. The molecule has 7 nitrogen and oxygen atoms in total. The van der Waals surface area contributed by atoms with Crippen LogP contribution in [0, 0.1) is 6.92 Å². The quantitative estimate of drug-likeness (QED) is 0.435. The Morgan fingerprint density at radius 1 is 1.16 bits per heavy atom. The van der Waals surface area contributed by atoms with Crippen molar-refractivity contribution < 1.29 is 4.74 Å². The van der Waals surface area contributed by atoms with Crippen LogP contribution in [0.4, 0.5) is 0 Å². The van der Waals surface area contributed by atoms with Crippen molar-refractivity contribution >= 4 is 23.8 Å². The van der Waals surface area contributed by atoms with Crippen molar-refractivity contribution in [3.05, 3.63) is 82.5 Å². The summed E-state index contributed by atoms with van der Waals surface area (Å²) in [5, 5.41) is 5.44. The summed E-state index contributed by atoms with van der Waals surface area (Å²) in [5.74, 6) is 3.29. The highest BCUT2D eigenvalue weighted by molar-refractivity contribution is 6.30. The number of fused-ring (bicyclic) bond motifs is 1. The molecule has 0 unspecified atom stereocenters. The van der Waals surface area contributed by atoms with E-state index in [0.29, 0.717) is 17.4 Å². The molecule has 0 saturated carbocycles. The summed E-state index contributed by atoms with van der Waals surface area (Å²) in [4.78, 5) is 13.6. The van der Waals surface area contributed by atoms with Gasteiger partial charge in [-0.15, -0.1) is 0 Å². The molecular formula is C24H23ClN6O. The van der Waals surface area contributed by atoms with Crippen molar-refractivity contribution in [1.29, 1.82) is 0 Å². The molecule has 162 valence electrons. The Labute approximate surface area is 191 Å². The normalized spacial score (nSPS) is 15.8. The van der Waals surface area contributed by atoms with Crippen LogP contribution in [0.5, 0.6) is 5.75 Å². The first kappa shape index (κ1) is 20.5. The lowest BCUT2D eigenvalue weighted by atomic mass is 9.91. The molecule has 4 heterocycles. The third-order valence-corrected chi connectivity index (χ3v) is 5.87. The number of hydrogen-bond donors (Lipinski definition) is 0. The zero-order valence-corrected chi connectivity index (χ0v) is 18.7. The van der Waals surface area contributed by atoms with Crippen LogP contribution >= 0.6 is 11.6 Å². The van der Waals surface area contributed by atoms with E-state index < -0.39 is 0 Å². The van der Waals surface area contributed by atoms with Crippen LogP contribution < -0.4 is 4.74 Å². The number of imidazole rings is 1. The Kier molecular flexibility index (Phi) is 5.49. The van der Waals surface area contributed by atoms with E-state index in [-0.39, 0.29) is 5.92 Å². The lowest BCUT2D eigenvalue weighted by molar-refractivity contribution is 0.410. The first-order valence-corrected chi connectivity index (χ1v) is 10.9. The first-order chi connectivity index (χ1) is 15.6. The average molecular weight is 447 g/mol. The molecule has 4 aromatic rings. The standard InChI is InChI=1S/C24H23ClN6O/c1-16-14-30(15-27-16)24-21(32-2)12-17(13-26-24)5-10-22-28-23-20(4-3-11-31(23)29-22)18-6-8-19(25)9-7-18/h5-10,12-15,20H,3-4,11H2,1-2H3/b10-5+/t20-/m1/s1. The van der Waals surface area contributed by atoms with Crippen LogP contribution in [-0.2, 0) is 6.54 Å². The highest BCUT2D eigenvalue weighted by atomic mass is 35.5. The minimum absolute atomic E-state index is 0.232. The molecule has 0 aliphatic carbocycles. The number of benzene rings is 1. The topological polar surface area (TPSA) is 70.7 Å². The van der Waals surface area contributed by atoms with Gasteiger partial charge in [0.1, 0.15) is 12.2 Å². The Morgan fingerprint density at radius 2 is 2.00 bits per heavy atom. The Bertz CT molecular complexity index is 1270. The summed E-state index contributed by atoms with van der Waals surface area (Å²) in [6, 6.07) is 9.97. The van der Waals surface area contributed by atoms with Gasteiger partial charge in [0.25, 0.3) is 0 Å². The molecular weight excluding hydrogens is 424 g/mol. The zero-order valence-electron chi connectivity index (χ0n) is 17.9. The highest BCUT2D eigenvalue weighted by Crippen LogP contribution is 2.33. The maximum Gasteiger partial charge on any atom is 0.180 e. The van der Waals surface area contributed by atoms with Gasteiger partial charge in [0.15, 0.2) is 17.4 Å². The van der Waals surface area contributed by atoms with Crippen LogP contribution in [0.1, 0.15) is 47.2 Å². The Balaban J connectivity index is 1.40. The van der Waals surface area contributed by atoms with Crippen LogP contribution in [-0.4, -0.2) is 36.4 Å². The third-order valence-electron chi connectivity index (χ3n) is 5.62. The van der Waals surface area contributed by atoms with Crippen molar-refractivity contribution in [3.8, 4) is 11.6 Å². The molecule has 0 spiro atoms. The summed E-state index contributed by atoms with van der Waals surface area (Å²) in [6.07, 6.45) is 11.4. The molecule has 0 N–H and O–H groups in total. The van der Waals surface area contributed by atoms with Gasteiger partial charge in [-0.25, -0.2) is 19.6 Å². The lowest BCUT2D eigenvalue weighted by Gasteiger charge is -2.22. The molecule has 0 saturated heterocycles. The molecule has 5 rings (SSSR count). The molecule has 1 aromatic carbocycles. The van der Waals surface area contributed by atoms with E-state index in [1.807, 2.05) is 52.7 Å². The maximum absolute atomic E-state index is 6.06. The average Bonchev–Trinajstić information content (AvgIpc) is 3.43. The van der Waals surface area contributed by atoms with E-state index in [4.69, 9.17) is 26.4 Å². The molecule has 0 fully saturated rings. The van der Waals surface area contributed by atoms with Crippen LogP contribution in [0.25, 0.3) is 18.0 Å². The van der Waals surface area contributed by atoms with Gasteiger partial charge in [0.2, 0.25) is 0 Å². The highest BCUT2D eigenvalue weighted by Gasteiger charge is 2.25. The van der Waals surface area contributed by atoms with E-state index in [2.05, 4.69) is 22.1 Å². The largest absolute Gasteiger partial charge is 0.493 e. The van der Waals surface area contributed by atoms with Crippen molar-refractivity contribution in [1.82, 2.24) is 29.3 Å². The molecule has 1 atom stereocenters. The van der Waals surface area contributed by atoms with E-state index in [1.165, 1.54) is 5.56 Å². The lowest BCUT2D eigenvalue weighted by Crippen LogP contribution is -2.17. The number of aryl methyl sites for hydroxylation is 2. The van der Waals surface area contributed by atoms with Crippen molar-refractivity contribution in [2.45, 2.75) is 32.2 Å². The van der Waals surface area contributed by atoms with E-state index in [1.54, 1.807) is 19.6 Å². The summed E-state index contributed by atoms with van der Waals surface area (Å²) in [6.45, 7) is 2.82. The molecule has 1 aliphatic heterocycles. The van der Waals surface area contributed by atoms with Crippen LogP contribution in [0.3, 0.4) is 0 Å². The smallest absolute Gasteiger partial charge is 0.180 e. The summed E-state index contributed by atoms with van der Waals surface area (Å²) >= 11 is 6.06. The van der Waals surface area contributed by atoms with Gasteiger partial charge in [0.05, 0.1) is 12.8 Å². The van der Waals surface area contributed by atoms with Gasteiger partial charge in [-0.2, -0.15) is 5.10 Å². The third kappa shape index (κ3) is 4.03. The second-order valence-electron chi connectivity index (χ2n) is 7.85. The number of ether oxygens (including phenoxy) is 1. The number of nitrogens with zero attached hydrogens (tertiary/aromatic N) is 6. The predicted molar refractivity (Wildman–Crippen MR) is 124 cm³/mol. The first-order valence-electron chi connectivity index (χ1n) is 10.5. The van der Waals surface area contributed by atoms with Gasteiger partial charge in [-0.3, -0.25) is 4.57 Å². The second-order valence-corrected chi connectivity index (χ2v) is 8.28. The molecule has 0 bridgehead atoms. The summed E-state index contributed by atoms with van der Waals surface area (Å²) < 4.78 is 9.42. The minimum atomic E-state index is 0.232. The Hall–Kier alpha value is -3.45. The van der Waals surface area contributed by atoms with E-state index >= 15 is 0 Å². The fraction of sp³-hybridized carbons (Fsp3) is 0.250. The molecule has 3 aromatic heterocycles. The monoisotopic (exact) mass is 446 g/mol. The molecule has 8 heteroatoms. The molecule has 0 radical (unpaired) electrons. The summed E-state index contributed by atoms with van der Waals surface area (Å²) in [7, 11) is 1.64. The number of aromatic nitrogens is 6. The van der Waals surface area contributed by atoms with Crippen molar-refractivity contribution in [3.63, 3.8) is 0 Å². The van der Waals surface area contributed by atoms with Gasteiger partial charge in [0, 0.05) is 29.9 Å². The Morgan fingerprint density at radius 3 is 2.75 bits per heavy atom. The van der Waals surface area contributed by atoms with Crippen molar-refractivity contribution in [2.75, 3.05) is 7.11 Å². The molecule has 32 heavy (non-hydrogen) atoms. The van der Waals surface area contributed by atoms with Gasteiger partial charge >= 0.3 is 0 Å². The number of hydrogen-bond acceptors (Lipinski definition) is 5. The molecule has 1 aliphatic rings. The van der Waals surface area contributed by atoms with Crippen LogP contribution in [0.2, 0.25) is 5.02 Å². The number of rotatable bonds is 5. The fourth-order valence-corrected chi connectivity index (χ4v) is 4.17. The SMILES string of the molecule is COc1cc(/C=C/c2nc3n(n2)CCC[C@@H]3c2ccc(Cl)cc2)cnc1-n1cnc(C)c1. The fourth-order valence-electron chi connectivity index (χ4n) is 4.05. The number of methoxy groups -OCH3 is 1. The van der Waals surface area contributed by atoms with E-state index in [0.717, 1.165) is 41.5 Å². The van der Waals surface area contributed by atoms with Crippen LogP contribution in [0.15, 0.2) is 49.1 Å². The van der Waals surface area contributed by atoms with Gasteiger partial charge in [-0.1, -0.05) is 23.7 Å². The van der Waals surface area contributed by atoms with E-state index in [9.17, 15) is 0 Å². The number of pyridine rings is 1. The second kappa shape index (κ2) is 8.59. The maximum atomic E-state index is 6.06. The number of halogens is 1.